The van der Waals surface area contributed by atoms with E-state index >= 15 is 0 Å². The number of amides is 2. The van der Waals surface area contributed by atoms with Crippen LogP contribution in [0.3, 0.4) is 0 Å². The van der Waals surface area contributed by atoms with Gasteiger partial charge < -0.3 is 62.3 Å². The lowest BCUT2D eigenvalue weighted by Crippen LogP contribution is -2.66. The predicted molar refractivity (Wildman–Crippen MR) is 256 cm³/mol. The van der Waals surface area contributed by atoms with E-state index in [0.29, 0.717) is 25.7 Å². The number of carbonyl (C=O) groups excluding carboxylic acids is 2. The zero-order valence-corrected chi connectivity index (χ0v) is 44.5. The largest absolute Gasteiger partial charge is 0.447 e. The average Bonchev–Trinajstić information content (AvgIpc) is 4.10. The van der Waals surface area contributed by atoms with Gasteiger partial charge in [0.05, 0.1) is 78.1 Å². The van der Waals surface area contributed by atoms with Gasteiger partial charge in [-0.25, -0.2) is 9.69 Å². The second-order valence-electron chi connectivity index (χ2n) is 23.2. The van der Waals surface area contributed by atoms with Crippen LogP contribution < -0.4 is 0 Å². The van der Waals surface area contributed by atoms with Crippen molar-refractivity contribution in [2.24, 2.45) is 47.3 Å². The molecule has 0 aliphatic carbocycles. The molecule has 0 radical (unpaired) electrons. The van der Waals surface area contributed by atoms with Crippen molar-refractivity contribution >= 4 is 12.0 Å². The SMILES string of the molecule is CO[C@@H]1[C@H](C)[C@H]([C@]2(C)CC[C@H]([C@]3(C)CC[C@]4(C[C@H](OC)[C@@H](C)[C@@H]([C@@H](C)[C@H]5O[C@@](O)([C@H](C)C(=O)N6C(=O)OC[C@@H]6Cc6ccccc6)[C@H](C)[C@@H](OC)[C@H]5C)O4)O3)O2)O[C@H]1[C@H]1O[C@](C)(O)[C@H](C)[C@@H](OC)[C@@H]1C. The van der Waals surface area contributed by atoms with Gasteiger partial charge in [-0.05, 0) is 58.9 Å². The average molecular weight is 988 g/mol. The highest BCUT2D eigenvalue weighted by Gasteiger charge is 2.65. The van der Waals surface area contributed by atoms with Gasteiger partial charge in [0, 0.05) is 82.7 Å². The first-order valence-electron chi connectivity index (χ1n) is 26.1. The molecule has 70 heavy (non-hydrogen) atoms. The lowest BCUT2D eigenvalue weighted by Gasteiger charge is -2.55. The third kappa shape index (κ3) is 9.21. The fourth-order valence-corrected chi connectivity index (χ4v) is 14.4. The van der Waals surface area contributed by atoms with Gasteiger partial charge in [-0.3, -0.25) is 4.79 Å². The first kappa shape index (κ1) is 54.0. The molecule has 16 nitrogen and oxygen atoms in total. The summed E-state index contributed by atoms with van der Waals surface area (Å²) in [7, 11) is 6.73. The number of benzene rings is 1. The molecule has 1 spiro atoms. The summed E-state index contributed by atoms with van der Waals surface area (Å²) in [5.41, 5.74) is -0.411. The highest BCUT2D eigenvalue weighted by Crippen LogP contribution is 2.56. The van der Waals surface area contributed by atoms with E-state index in [4.69, 9.17) is 52.1 Å². The van der Waals surface area contributed by atoms with Crippen molar-refractivity contribution in [1.29, 1.82) is 0 Å². The molecule has 2 amide bonds. The molecule has 1 aromatic carbocycles. The van der Waals surface area contributed by atoms with Crippen LogP contribution in [0.1, 0.15) is 114 Å². The van der Waals surface area contributed by atoms with Crippen molar-refractivity contribution in [1.82, 2.24) is 4.90 Å². The summed E-state index contributed by atoms with van der Waals surface area (Å²) in [4.78, 5) is 28.8. The summed E-state index contributed by atoms with van der Waals surface area (Å²) in [6.07, 6.45) is -0.885. The van der Waals surface area contributed by atoms with Crippen LogP contribution in [-0.4, -0.2) is 158 Å². The van der Waals surface area contributed by atoms with Crippen molar-refractivity contribution in [3.63, 3.8) is 0 Å². The minimum Gasteiger partial charge on any atom is -0.447 e. The Bertz CT molecular complexity index is 1990. The molecule has 0 unspecified atom stereocenters. The Labute approximate surface area is 416 Å². The fourth-order valence-electron chi connectivity index (χ4n) is 14.4. The Kier molecular flexibility index (Phi) is 15.5. The molecule has 7 fully saturated rings. The quantitative estimate of drug-likeness (QED) is 0.214. The van der Waals surface area contributed by atoms with Gasteiger partial charge >= 0.3 is 6.09 Å². The van der Waals surface area contributed by atoms with Gasteiger partial charge in [0.15, 0.2) is 17.4 Å². The molecule has 16 heteroatoms. The van der Waals surface area contributed by atoms with Crippen molar-refractivity contribution in [2.75, 3.05) is 35.0 Å². The number of hydrogen-bond donors (Lipinski definition) is 2. The first-order chi connectivity index (χ1) is 32.9. The highest BCUT2D eigenvalue weighted by atomic mass is 16.7. The second-order valence-corrected chi connectivity index (χ2v) is 23.2. The molecular formula is C54H85NO15. The van der Waals surface area contributed by atoms with Crippen LogP contribution in [0, 0.1) is 47.3 Å². The Hall–Kier alpha value is -2.32. The van der Waals surface area contributed by atoms with Crippen LogP contribution in [0.4, 0.5) is 4.79 Å². The Morgan fingerprint density at radius 1 is 0.743 bits per heavy atom. The van der Waals surface area contributed by atoms with Crippen molar-refractivity contribution < 1.29 is 71.9 Å². The van der Waals surface area contributed by atoms with E-state index in [-0.39, 0.29) is 72.6 Å². The molecule has 7 saturated heterocycles. The third-order valence-corrected chi connectivity index (χ3v) is 18.8. The molecular weight excluding hydrogens is 903 g/mol. The number of carbonyl (C=O) groups is 2. The maximum absolute atomic E-state index is 14.5. The monoisotopic (exact) mass is 988 g/mol. The van der Waals surface area contributed by atoms with Crippen molar-refractivity contribution in [3.8, 4) is 0 Å². The van der Waals surface area contributed by atoms with Crippen LogP contribution in [-0.2, 0) is 63.3 Å². The molecule has 7 aliphatic rings. The van der Waals surface area contributed by atoms with Crippen LogP contribution in [0.5, 0.6) is 0 Å². The number of cyclic esters (lactones) is 1. The first-order valence-corrected chi connectivity index (χ1v) is 26.1. The summed E-state index contributed by atoms with van der Waals surface area (Å²) in [6, 6.07) is 9.12. The van der Waals surface area contributed by atoms with Gasteiger partial charge in [-0.2, -0.15) is 0 Å². The zero-order chi connectivity index (χ0) is 51.0. The minimum absolute atomic E-state index is 0.0477. The molecule has 7 aliphatic heterocycles. The summed E-state index contributed by atoms with van der Waals surface area (Å²) in [5.74, 6) is -7.80. The Balaban J connectivity index is 0.983. The van der Waals surface area contributed by atoms with E-state index in [9.17, 15) is 19.8 Å². The van der Waals surface area contributed by atoms with Gasteiger partial charge in [0.25, 0.3) is 0 Å². The molecule has 2 N–H and O–H groups in total. The summed E-state index contributed by atoms with van der Waals surface area (Å²) in [6.45, 7) is 21.9. The lowest BCUT2D eigenvalue weighted by molar-refractivity contribution is -0.365. The normalized spacial score (nSPS) is 49.6. The molecule has 0 aromatic heterocycles. The fraction of sp³-hybridized carbons (Fsp3) is 0.852. The molecule has 0 saturated carbocycles. The summed E-state index contributed by atoms with van der Waals surface area (Å²) >= 11 is 0. The van der Waals surface area contributed by atoms with Crippen molar-refractivity contribution in [3.05, 3.63) is 35.9 Å². The van der Waals surface area contributed by atoms with Gasteiger partial charge in [-0.1, -0.05) is 78.8 Å². The number of nitrogens with zero attached hydrogens (tertiary/aromatic N) is 1. The standard InChI is InChI=1S/C54H85NO15/c1-28-38(60-12)26-53(24-23-50(9,70-53)39-21-22-51(10,66-39)47-32(5)44(63-15)46(65-47)45-31(4)42(61-13)33(6)52(11,58)67-45)68-40(28)29(2)41-30(3)43(62-14)34(7)54(59,69-41)35(8)48(56)55-37(27-64-49(55)57)25-36-19-17-16-18-20-36/h16-20,28-35,37-47,58-59H,21-27H2,1-15H3/t28-,29-,30+,31+,32+,33-,34-,35-,37+,38+,39-,40+,41-,42+,43+,44-,45+,46-,47-,50+,51+,52+,53-,54-/m1/s1. The van der Waals surface area contributed by atoms with E-state index < -0.39 is 89.0 Å². The summed E-state index contributed by atoms with van der Waals surface area (Å²) in [5, 5.41) is 24.1. The van der Waals surface area contributed by atoms with Crippen molar-refractivity contribution in [2.45, 2.75) is 210 Å². The topological polar surface area (TPSA) is 179 Å². The number of imide groups is 1. The predicted octanol–water partition coefficient (Wildman–Crippen LogP) is 6.68. The number of ether oxygens (including phenoxy) is 11. The molecule has 0 bridgehead atoms. The van der Waals surface area contributed by atoms with Crippen LogP contribution >= 0.6 is 0 Å². The van der Waals surface area contributed by atoms with Gasteiger partial charge in [0.1, 0.15) is 12.7 Å². The lowest BCUT2D eigenvalue weighted by atomic mass is 9.70. The van der Waals surface area contributed by atoms with Crippen LogP contribution in [0.25, 0.3) is 0 Å². The third-order valence-electron chi connectivity index (χ3n) is 18.8. The maximum atomic E-state index is 14.5. The molecule has 8 rings (SSSR count). The Morgan fingerprint density at radius 2 is 1.39 bits per heavy atom. The number of hydrogen-bond acceptors (Lipinski definition) is 15. The van der Waals surface area contributed by atoms with Gasteiger partial charge in [-0.15, -0.1) is 0 Å². The molecule has 7 heterocycles. The van der Waals surface area contributed by atoms with E-state index in [2.05, 4.69) is 48.5 Å². The van der Waals surface area contributed by atoms with Crippen LogP contribution in [0.15, 0.2) is 30.3 Å². The van der Waals surface area contributed by atoms with E-state index in [1.54, 1.807) is 42.3 Å². The Morgan fingerprint density at radius 3 is 2.03 bits per heavy atom. The maximum Gasteiger partial charge on any atom is 0.416 e. The van der Waals surface area contributed by atoms with E-state index in [1.807, 2.05) is 44.2 Å². The van der Waals surface area contributed by atoms with E-state index in [0.717, 1.165) is 23.3 Å². The van der Waals surface area contributed by atoms with Gasteiger partial charge in [0.2, 0.25) is 5.91 Å². The smallest absolute Gasteiger partial charge is 0.416 e. The molecule has 1 aromatic rings. The molecule has 24 atom stereocenters. The minimum atomic E-state index is -2.01. The second kappa shape index (κ2) is 20.1. The number of aliphatic hydroxyl groups is 2. The van der Waals surface area contributed by atoms with E-state index in [1.165, 1.54) is 0 Å². The number of methoxy groups -OCH3 is 4. The number of rotatable bonds is 13. The zero-order valence-electron chi connectivity index (χ0n) is 44.5. The summed E-state index contributed by atoms with van der Waals surface area (Å²) < 4.78 is 72.0. The van der Waals surface area contributed by atoms with Crippen LogP contribution in [0.2, 0.25) is 0 Å². The molecule has 396 valence electrons. The highest BCUT2D eigenvalue weighted by molar-refractivity contribution is 5.95.